The van der Waals surface area contributed by atoms with E-state index in [0.717, 1.165) is 18.8 Å². The van der Waals surface area contributed by atoms with Crippen LogP contribution in [-0.4, -0.2) is 11.1 Å². The summed E-state index contributed by atoms with van der Waals surface area (Å²) in [6.07, 6.45) is 11.0. The van der Waals surface area contributed by atoms with Crippen LogP contribution >= 0.6 is 0 Å². The average Bonchev–Trinajstić information content (AvgIpc) is 3.08. The van der Waals surface area contributed by atoms with Crippen LogP contribution in [0, 0.1) is 34.5 Å². The zero-order chi connectivity index (χ0) is 21.4. The molecule has 0 spiro atoms. The lowest BCUT2D eigenvalue weighted by Gasteiger charge is -2.68. The molecule has 5 rings (SSSR count). The number of hydrogen-bond acceptors (Lipinski definition) is 2. The Morgan fingerprint density at radius 2 is 1.63 bits per heavy atom. The van der Waals surface area contributed by atoms with Crippen LogP contribution in [0.3, 0.4) is 0 Å². The van der Waals surface area contributed by atoms with Gasteiger partial charge in [0.15, 0.2) is 0 Å². The van der Waals surface area contributed by atoms with Gasteiger partial charge in [0, 0.05) is 11.1 Å². The lowest BCUT2D eigenvalue weighted by atomic mass is 9.39. The molecule has 0 amide bonds. The van der Waals surface area contributed by atoms with Crippen molar-refractivity contribution in [1.82, 2.24) is 0 Å². The molecular weight excluding hydrogens is 364 g/mol. The monoisotopic (exact) mass is 406 g/mol. The molecular formula is C28H42N2. The van der Waals surface area contributed by atoms with Gasteiger partial charge in [-0.3, -0.25) is 0 Å². The molecule has 1 aromatic carbocycles. The number of hydrogen-bond donors (Lipinski definition) is 2. The van der Waals surface area contributed by atoms with Gasteiger partial charge < -0.3 is 11.5 Å². The Morgan fingerprint density at radius 3 is 2.37 bits per heavy atom. The van der Waals surface area contributed by atoms with E-state index < -0.39 is 0 Å². The van der Waals surface area contributed by atoms with Gasteiger partial charge in [-0.15, -0.1) is 0 Å². The molecule has 4 aliphatic carbocycles. The van der Waals surface area contributed by atoms with E-state index in [0.29, 0.717) is 17.8 Å². The highest BCUT2D eigenvalue weighted by atomic mass is 14.9. The summed E-state index contributed by atoms with van der Waals surface area (Å²) in [6.45, 7) is 12.1. The zero-order valence-electron chi connectivity index (χ0n) is 19.4. The predicted octanol–water partition coefficient (Wildman–Crippen LogP) is 6.16. The smallest absolute Gasteiger partial charge is 0.0223 e. The molecule has 0 saturated heterocycles. The minimum Gasteiger partial charge on any atom is -0.325 e. The molecule has 4 saturated carbocycles. The summed E-state index contributed by atoms with van der Waals surface area (Å²) in [6, 6.07) is 10.8. The first-order valence-electron chi connectivity index (χ1n) is 12.5. The Bertz CT molecular complexity index is 832. The van der Waals surface area contributed by atoms with Gasteiger partial charge in [-0.1, -0.05) is 64.1 Å². The first-order valence-corrected chi connectivity index (χ1v) is 12.5. The van der Waals surface area contributed by atoms with Crippen molar-refractivity contribution < 1.29 is 0 Å². The van der Waals surface area contributed by atoms with E-state index in [1.165, 1.54) is 56.1 Å². The molecule has 0 radical (unpaired) electrons. The van der Waals surface area contributed by atoms with Gasteiger partial charge in [0.2, 0.25) is 0 Å². The number of allylic oxidation sites excluding steroid dienone is 1. The summed E-state index contributed by atoms with van der Waals surface area (Å²) in [5.74, 6) is 2.47. The summed E-state index contributed by atoms with van der Waals surface area (Å²) in [5, 5.41) is 0. The molecule has 0 aromatic heterocycles. The quantitative estimate of drug-likeness (QED) is 0.618. The van der Waals surface area contributed by atoms with Crippen molar-refractivity contribution in [1.29, 1.82) is 0 Å². The maximum atomic E-state index is 7.54. The van der Waals surface area contributed by atoms with Crippen molar-refractivity contribution >= 4 is 5.57 Å². The lowest BCUT2D eigenvalue weighted by molar-refractivity contribution is -0.139. The third kappa shape index (κ3) is 2.62. The van der Waals surface area contributed by atoms with Crippen LogP contribution < -0.4 is 11.5 Å². The van der Waals surface area contributed by atoms with Crippen molar-refractivity contribution in [3.63, 3.8) is 0 Å². The van der Waals surface area contributed by atoms with Crippen LogP contribution in [0.15, 0.2) is 36.9 Å². The molecule has 2 nitrogen and oxygen atoms in total. The fourth-order valence-electron chi connectivity index (χ4n) is 9.22. The molecule has 0 bridgehead atoms. The molecule has 164 valence electrons. The second-order valence-electron chi connectivity index (χ2n) is 12.2. The largest absolute Gasteiger partial charge is 0.325 e. The first kappa shape index (κ1) is 20.8. The van der Waals surface area contributed by atoms with Gasteiger partial charge >= 0.3 is 0 Å². The Balaban J connectivity index is 1.48. The van der Waals surface area contributed by atoms with E-state index in [1.54, 1.807) is 0 Å². The summed E-state index contributed by atoms with van der Waals surface area (Å²) >= 11 is 0. The number of benzene rings is 1. The maximum absolute atomic E-state index is 7.54. The number of fused-ring (bicyclic) bond motifs is 5. The topological polar surface area (TPSA) is 52.0 Å². The first-order chi connectivity index (χ1) is 14.1. The molecule has 0 heterocycles. The molecule has 0 aliphatic heterocycles. The SMILES string of the molecule is C=C(c1ccccc1)[C@H]1CCC2[C@]3(N)CC[C@]4(N)C[C@@H](C)CC[C@]4(C)C3CC[C@@]21C. The van der Waals surface area contributed by atoms with E-state index >= 15 is 0 Å². The highest BCUT2D eigenvalue weighted by molar-refractivity contribution is 5.66. The van der Waals surface area contributed by atoms with Crippen LogP contribution in [-0.2, 0) is 0 Å². The molecule has 30 heavy (non-hydrogen) atoms. The summed E-state index contributed by atoms with van der Waals surface area (Å²) in [4.78, 5) is 0. The van der Waals surface area contributed by atoms with Crippen molar-refractivity contribution in [3.05, 3.63) is 42.5 Å². The van der Waals surface area contributed by atoms with Crippen LogP contribution in [0.5, 0.6) is 0 Å². The van der Waals surface area contributed by atoms with Crippen molar-refractivity contribution in [2.75, 3.05) is 0 Å². The standard InChI is InChI=1S/C28H42N2/c1-19-12-15-26(4)24-13-14-25(3)22(20(2)21-8-6-5-7-9-21)10-11-23(25)28(24,30)17-16-27(26,29)18-19/h5-9,19,22-24H,2,10-18,29-30H2,1,3-4H3/t19-,22+,23?,24?,25+,26+,27-,28+/m0/s1. The minimum absolute atomic E-state index is 0.0163. The maximum Gasteiger partial charge on any atom is 0.0223 e. The molecule has 8 atom stereocenters. The molecule has 1 aromatic rings. The zero-order valence-corrected chi connectivity index (χ0v) is 19.4. The number of rotatable bonds is 2. The Kier molecular flexibility index (Phi) is 4.63. The molecule has 2 heteroatoms. The van der Waals surface area contributed by atoms with Gasteiger partial charge in [0.1, 0.15) is 0 Å². The van der Waals surface area contributed by atoms with Gasteiger partial charge in [0.05, 0.1) is 0 Å². The molecule has 4 fully saturated rings. The van der Waals surface area contributed by atoms with Gasteiger partial charge in [0.25, 0.3) is 0 Å². The van der Waals surface area contributed by atoms with Crippen LogP contribution in [0.25, 0.3) is 5.57 Å². The average molecular weight is 407 g/mol. The summed E-state index contributed by atoms with van der Waals surface area (Å²) < 4.78 is 0. The van der Waals surface area contributed by atoms with Gasteiger partial charge in [-0.25, -0.2) is 0 Å². The summed E-state index contributed by atoms with van der Waals surface area (Å²) in [7, 11) is 0. The third-order valence-electron chi connectivity index (χ3n) is 11.0. The van der Waals surface area contributed by atoms with E-state index in [1.807, 2.05) is 0 Å². The fraction of sp³-hybridized carbons (Fsp3) is 0.714. The predicted molar refractivity (Wildman–Crippen MR) is 127 cm³/mol. The Hall–Kier alpha value is -1.12. The van der Waals surface area contributed by atoms with Crippen LogP contribution in [0.4, 0.5) is 0 Å². The van der Waals surface area contributed by atoms with E-state index in [2.05, 4.69) is 57.7 Å². The van der Waals surface area contributed by atoms with Crippen LogP contribution in [0.2, 0.25) is 0 Å². The van der Waals surface area contributed by atoms with Gasteiger partial charge in [-0.2, -0.15) is 0 Å². The summed E-state index contributed by atoms with van der Waals surface area (Å²) in [5.41, 5.74) is 17.8. The van der Waals surface area contributed by atoms with Crippen molar-refractivity contribution in [2.24, 2.45) is 46.0 Å². The second-order valence-corrected chi connectivity index (χ2v) is 12.2. The highest BCUT2D eigenvalue weighted by Crippen LogP contribution is 2.70. The van der Waals surface area contributed by atoms with E-state index in [4.69, 9.17) is 11.5 Å². The van der Waals surface area contributed by atoms with Crippen LogP contribution in [0.1, 0.15) is 84.1 Å². The molecule has 2 unspecified atom stereocenters. The van der Waals surface area contributed by atoms with Gasteiger partial charge in [-0.05, 0) is 97.0 Å². The molecule has 4 N–H and O–H groups in total. The Morgan fingerprint density at radius 1 is 0.900 bits per heavy atom. The van der Waals surface area contributed by atoms with Crippen molar-refractivity contribution in [2.45, 2.75) is 89.6 Å². The third-order valence-corrected chi connectivity index (χ3v) is 11.0. The highest BCUT2D eigenvalue weighted by Gasteiger charge is 2.68. The molecule has 4 aliphatic rings. The van der Waals surface area contributed by atoms with E-state index in [9.17, 15) is 0 Å². The minimum atomic E-state index is -0.0586. The second kappa shape index (κ2) is 6.69. The van der Waals surface area contributed by atoms with E-state index in [-0.39, 0.29) is 21.9 Å². The Labute approximate surface area is 183 Å². The lowest BCUT2D eigenvalue weighted by Crippen LogP contribution is -2.74. The fourth-order valence-corrected chi connectivity index (χ4v) is 9.22. The number of nitrogens with two attached hydrogens (primary N) is 2. The normalized spacial score (nSPS) is 50.3. The van der Waals surface area contributed by atoms with Crippen molar-refractivity contribution in [3.8, 4) is 0 Å².